The molecule has 0 spiro atoms. The van der Waals surface area contributed by atoms with Crippen molar-refractivity contribution in [1.82, 2.24) is 4.90 Å². The number of halogens is 2. The number of nitrogens with two attached hydrogens (primary N) is 1. The topological polar surface area (TPSA) is 29.3 Å². The van der Waals surface area contributed by atoms with Gasteiger partial charge in [0.1, 0.15) is 5.82 Å². The van der Waals surface area contributed by atoms with Gasteiger partial charge in [0.2, 0.25) is 0 Å². The van der Waals surface area contributed by atoms with E-state index in [0.717, 1.165) is 37.9 Å². The van der Waals surface area contributed by atoms with Crippen molar-refractivity contribution < 1.29 is 4.39 Å². The van der Waals surface area contributed by atoms with Gasteiger partial charge in [0.05, 0.1) is 4.47 Å². The molecular formula is C17H26BrFN2. The van der Waals surface area contributed by atoms with Crippen molar-refractivity contribution in [2.75, 3.05) is 13.1 Å². The Morgan fingerprint density at radius 3 is 2.43 bits per heavy atom. The average Bonchev–Trinajstić information content (AvgIpc) is 3.00. The Kier molecular flexibility index (Phi) is 5.81. The van der Waals surface area contributed by atoms with Gasteiger partial charge in [-0.05, 0) is 78.8 Å². The highest BCUT2D eigenvalue weighted by Gasteiger charge is 2.40. The first-order valence-electron chi connectivity index (χ1n) is 7.98. The van der Waals surface area contributed by atoms with E-state index in [-0.39, 0.29) is 17.4 Å². The number of benzene rings is 1. The van der Waals surface area contributed by atoms with Crippen LogP contribution in [0.3, 0.4) is 0 Å². The highest BCUT2D eigenvalue weighted by molar-refractivity contribution is 9.10. The molecule has 21 heavy (non-hydrogen) atoms. The summed E-state index contributed by atoms with van der Waals surface area (Å²) in [5, 5.41) is 0. The lowest BCUT2D eigenvalue weighted by Gasteiger charge is -2.45. The van der Waals surface area contributed by atoms with Crippen LogP contribution in [0.4, 0.5) is 4.39 Å². The third-order valence-electron chi connectivity index (χ3n) is 5.09. The van der Waals surface area contributed by atoms with Gasteiger partial charge in [0.25, 0.3) is 0 Å². The zero-order valence-electron chi connectivity index (χ0n) is 13.0. The summed E-state index contributed by atoms with van der Waals surface area (Å²) in [5.41, 5.74) is 7.79. The van der Waals surface area contributed by atoms with E-state index in [9.17, 15) is 4.39 Å². The van der Waals surface area contributed by atoms with Crippen molar-refractivity contribution in [3.63, 3.8) is 0 Å². The molecule has 1 atom stereocenters. The standard InChI is InChI=1S/C17H26BrFN2/c1-3-17(4-2,21-9-5-6-10-21)16(20)12-13-7-8-15(19)14(18)11-13/h7-8,11,16H,3-6,9-10,12,20H2,1-2H3. The molecule has 1 fully saturated rings. The first-order valence-corrected chi connectivity index (χ1v) is 8.77. The van der Waals surface area contributed by atoms with Crippen LogP contribution in [0, 0.1) is 5.82 Å². The normalized spacial score (nSPS) is 18.1. The zero-order valence-corrected chi connectivity index (χ0v) is 14.6. The Labute approximate surface area is 136 Å². The van der Waals surface area contributed by atoms with E-state index in [0.29, 0.717) is 4.47 Å². The summed E-state index contributed by atoms with van der Waals surface area (Å²) in [4.78, 5) is 2.58. The zero-order chi connectivity index (χ0) is 15.5. The maximum Gasteiger partial charge on any atom is 0.137 e. The van der Waals surface area contributed by atoms with Crippen LogP contribution < -0.4 is 5.73 Å². The fourth-order valence-corrected chi connectivity index (χ4v) is 4.16. The molecule has 0 bridgehead atoms. The number of nitrogens with zero attached hydrogens (tertiary/aromatic N) is 1. The average molecular weight is 357 g/mol. The lowest BCUT2D eigenvalue weighted by atomic mass is 9.80. The molecule has 4 heteroatoms. The van der Waals surface area contributed by atoms with E-state index in [4.69, 9.17) is 5.73 Å². The smallest absolute Gasteiger partial charge is 0.137 e. The van der Waals surface area contributed by atoms with Gasteiger partial charge in [0.15, 0.2) is 0 Å². The third-order valence-corrected chi connectivity index (χ3v) is 5.70. The van der Waals surface area contributed by atoms with E-state index in [2.05, 4.69) is 34.7 Å². The van der Waals surface area contributed by atoms with Crippen molar-refractivity contribution >= 4 is 15.9 Å². The summed E-state index contributed by atoms with van der Waals surface area (Å²) in [6.07, 6.45) is 5.46. The second-order valence-corrected chi connectivity index (χ2v) is 6.92. The lowest BCUT2D eigenvalue weighted by Crippen LogP contribution is -2.59. The van der Waals surface area contributed by atoms with Gasteiger partial charge in [-0.25, -0.2) is 4.39 Å². The Hall–Kier alpha value is -0.450. The van der Waals surface area contributed by atoms with Crippen molar-refractivity contribution in [3.05, 3.63) is 34.1 Å². The molecule has 2 nitrogen and oxygen atoms in total. The molecule has 1 aromatic carbocycles. The van der Waals surface area contributed by atoms with Gasteiger partial charge in [-0.2, -0.15) is 0 Å². The van der Waals surface area contributed by atoms with Gasteiger partial charge < -0.3 is 5.73 Å². The predicted octanol–water partition coefficient (Wildman–Crippen LogP) is 4.11. The number of likely N-dealkylation sites (tertiary alicyclic amines) is 1. The fraction of sp³-hybridized carbons (Fsp3) is 0.647. The summed E-state index contributed by atoms with van der Waals surface area (Å²) in [5.74, 6) is -0.218. The van der Waals surface area contributed by atoms with Crippen LogP contribution in [0.1, 0.15) is 45.1 Å². The van der Waals surface area contributed by atoms with Gasteiger partial charge in [-0.3, -0.25) is 4.90 Å². The van der Waals surface area contributed by atoms with Crippen LogP contribution in [0.2, 0.25) is 0 Å². The molecule has 2 rings (SSSR count). The summed E-state index contributed by atoms with van der Waals surface area (Å²) in [6.45, 7) is 6.79. The molecule has 0 aliphatic carbocycles. The summed E-state index contributed by atoms with van der Waals surface area (Å²) >= 11 is 3.26. The molecular weight excluding hydrogens is 331 g/mol. The molecule has 1 heterocycles. The quantitative estimate of drug-likeness (QED) is 0.830. The Morgan fingerprint density at radius 1 is 1.29 bits per heavy atom. The molecule has 2 N–H and O–H groups in total. The number of rotatable bonds is 6. The monoisotopic (exact) mass is 356 g/mol. The first kappa shape index (κ1) is 16.9. The van der Waals surface area contributed by atoms with Crippen LogP contribution in [0.15, 0.2) is 22.7 Å². The van der Waals surface area contributed by atoms with Crippen molar-refractivity contribution in [1.29, 1.82) is 0 Å². The van der Waals surface area contributed by atoms with Crippen molar-refractivity contribution in [2.24, 2.45) is 5.73 Å². The first-order chi connectivity index (χ1) is 10.0. The predicted molar refractivity (Wildman–Crippen MR) is 89.9 cm³/mol. The minimum Gasteiger partial charge on any atom is -0.326 e. The van der Waals surface area contributed by atoms with E-state index in [1.54, 1.807) is 0 Å². The molecule has 1 aliphatic rings. The SMILES string of the molecule is CCC(CC)(C(N)Cc1ccc(F)c(Br)c1)N1CCCC1. The highest BCUT2D eigenvalue weighted by Crippen LogP contribution is 2.32. The van der Waals surface area contributed by atoms with Crippen molar-refractivity contribution in [3.8, 4) is 0 Å². The molecule has 1 unspecified atom stereocenters. The van der Waals surface area contributed by atoms with Crippen LogP contribution >= 0.6 is 15.9 Å². The molecule has 0 amide bonds. The van der Waals surface area contributed by atoms with Gasteiger partial charge in [-0.15, -0.1) is 0 Å². The summed E-state index contributed by atoms with van der Waals surface area (Å²) < 4.78 is 13.9. The molecule has 1 saturated heterocycles. The summed E-state index contributed by atoms with van der Waals surface area (Å²) in [6, 6.07) is 5.29. The summed E-state index contributed by atoms with van der Waals surface area (Å²) in [7, 11) is 0. The maximum atomic E-state index is 13.4. The highest BCUT2D eigenvalue weighted by atomic mass is 79.9. The van der Waals surface area contributed by atoms with E-state index in [1.807, 2.05) is 12.1 Å². The van der Waals surface area contributed by atoms with E-state index < -0.39 is 0 Å². The van der Waals surface area contributed by atoms with E-state index in [1.165, 1.54) is 18.9 Å². The Balaban J connectivity index is 2.17. The van der Waals surface area contributed by atoms with Gasteiger partial charge in [0, 0.05) is 11.6 Å². The minimum absolute atomic E-state index is 0.0668. The van der Waals surface area contributed by atoms with Gasteiger partial charge >= 0.3 is 0 Å². The maximum absolute atomic E-state index is 13.4. The molecule has 1 aliphatic heterocycles. The number of hydrogen-bond donors (Lipinski definition) is 1. The molecule has 0 saturated carbocycles. The van der Waals surface area contributed by atoms with E-state index >= 15 is 0 Å². The van der Waals surface area contributed by atoms with Crippen LogP contribution in [-0.4, -0.2) is 29.6 Å². The van der Waals surface area contributed by atoms with Crippen molar-refractivity contribution in [2.45, 2.75) is 57.5 Å². The fourth-order valence-electron chi connectivity index (χ4n) is 3.73. The Bertz CT molecular complexity index is 468. The number of hydrogen-bond acceptors (Lipinski definition) is 2. The third kappa shape index (κ3) is 3.49. The van der Waals surface area contributed by atoms with Crippen LogP contribution in [0.5, 0.6) is 0 Å². The van der Waals surface area contributed by atoms with Gasteiger partial charge in [-0.1, -0.05) is 19.9 Å². The molecule has 0 radical (unpaired) electrons. The Morgan fingerprint density at radius 2 is 1.90 bits per heavy atom. The molecule has 1 aromatic rings. The van der Waals surface area contributed by atoms with Crippen LogP contribution in [-0.2, 0) is 6.42 Å². The molecule has 0 aromatic heterocycles. The van der Waals surface area contributed by atoms with Crippen LogP contribution in [0.25, 0.3) is 0 Å². The minimum atomic E-state index is -0.218. The second kappa shape index (κ2) is 7.21. The lowest BCUT2D eigenvalue weighted by molar-refractivity contribution is 0.0768. The molecule has 118 valence electrons. The second-order valence-electron chi connectivity index (χ2n) is 6.06. The largest absolute Gasteiger partial charge is 0.326 e.